The fourth-order valence-corrected chi connectivity index (χ4v) is 4.54. The van der Waals surface area contributed by atoms with Gasteiger partial charge in [0.2, 0.25) is 5.91 Å². The maximum atomic E-state index is 13.6. The molecule has 3 aromatic carbocycles. The zero-order valence-corrected chi connectivity index (χ0v) is 22.2. The number of rotatable bonds is 9. The molecule has 0 bridgehead atoms. The number of amides is 1. The molecule has 0 atom stereocenters. The van der Waals surface area contributed by atoms with Crippen LogP contribution in [-0.2, 0) is 17.8 Å². The second-order valence-electron chi connectivity index (χ2n) is 9.47. The van der Waals surface area contributed by atoms with E-state index in [0.717, 1.165) is 44.4 Å². The lowest BCUT2D eigenvalue weighted by Crippen LogP contribution is -2.23. The van der Waals surface area contributed by atoms with E-state index in [1.165, 1.54) is 24.5 Å². The Labute approximate surface area is 234 Å². The van der Waals surface area contributed by atoms with Gasteiger partial charge in [-0.2, -0.15) is 5.10 Å². The van der Waals surface area contributed by atoms with Crippen molar-refractivity contribution >= 4 is 39.2 Å². The fraction of sp³-hybridized carbons (Fsp3) is 0.133. The first-order valence-corrected chi connectivity index (χ1v) is 13.1. The molecule has 3 aromatic heterocycles. The lowest BCUT2D eigenvalue weighted by Gasteiger charge is -2.09. The highest BCUT2D eigenvalue weighted by Gasteiger charge is 2.10. The summed E-state index contributed by atoms with van der Waals surface area (Å²) in [4.78, 5) is 20.5. The van der Waals surface area contributed by atoms with Gasteiger partial charge in [0.1, 0.15) is 18.0 Å². The number of carbonyl (C=O) groups is 1. The Morgan fingerprint density at radius 1 is 1.02 bits per heavy atom. The molecule has 204 valence electrons. The molecule has 6 aromatic rings. The number of hydrogen-bond donors (Lipinski definition) is 2. The Balaban J connectivity index is 1.21. The Kier molecular flexibility index (Phi) is 7.14. The van der Waals surface area contributed by atoms with Gasteiger partial charge in [0, 0.05) is 35.6 Å². The highest BCUT2D eigenvalue weighted by atomic mass is 19.1. The van der Waals surface area contributed by atoms with Crippen molar-refractivity contribution in [2.45, 2.75) is 19.9 Å². The number of anilines is 2. The van der Waals surface area contributed by atoms with Gasteiger partial charge >= 0.3 is 0 Å². The summed E-state index contributed by atoms with van der Waals surface area (Å²) in [6, 6.07) is 18.2. The van der Waals surface area contributed by atoms with Gasteiger partial charge < -0.3 is 10.6 Å². The molecule has 0 aliphatic rings. The molecule has 2 N–H and O–H groups in total. The lowest BCUT2D eigenvalue weighted by atomic mass is 10.2. The first-order chi connectivity index (χ1) is 20.0. The molecule has 0 unspecified atom stereocenters. The normalized spacial score (nSPS) is 11.5. The maximum absolute atomic E-state index is 13.6. The summed E-state index contributed by atoms with van der Waals surface area (Å²) in [7, 11) is 0. The average molecular weight is 548 g/mol. The first kappa shape index (κ1) is 25.8. The lowest BCUT2D eigenvalue weighted by molar-refractivity contribution is -0.116. The number of nitrogens with zero attached hydrogens (tertiary/aromatic N) is 7. The number of aromatic nitrogens is 7. The van der Waals surface area contributed by atoms with Gasteiger partial charge in [-0.15, -0.1) is 5.10 Å². The molecule has 0 aliphatic heterocycles. The van der Waals surface area contributed by atoms with Crippen LogP contribution in [0.1, 0.15) is 18.2 Å². The zero-order valence-electron chi connectivity index (χ0n) is 22.2. The van der Waals surface area contributed by atoms with Gasteiger partial charge in [0.25, 0.3) is 0 Å². The van der Waals surface area contributed by atoms with Gasteiger partial charge in [-0.1, -0.05) is 23.4 Å². The monoisotopic (exact) mass is 547 g/mol. The second-order valence-corrected chi connectivity index (χ2v) is 9.47. The Hall–Kier alpha value is -5.45. The van der Waals surface area contributed by atoms with E-state index in [1.54, 1.807) is 28.4 Å². The van der Waals surface area contributed by atoms with Crippen molar-refractivity contribution in [3.63, 3.8) is 0 Å². The standard InChI is InChI=1S/C30H26FN9O/c1-2-4-29(41)32-12-11-24-18-40(38-36-24)25-8-10-28-26(15-25)30(34-19-33-28)35-23-7-9-27-21(14-23)17-39(37-27)16-20-5-3-6-22(31)13-20/h2-10,13-15,17-19H,11-12,16H2,1H3,(H,32,41)(H,33,34,35)/b4-2-. The predicted octanol–water partition coefficient (Wildman–Crippen LogP) is 4.73. The molecule has 0 saturated heterocycles. The summed E-state index contributed by atoms with van der Waals surface area (Å²) in [5.74, 6) is 0.252. The second kappa shape index (κ2) is 11.3. The van der Waals surface area contributed by atoms with Crippen molar-refractivity contribution < 1.29 is 9.18 Å². The Morgan fingerprint density at radius 3 is 2.80 bits per heavy atom. The molecule has 0 spiro atoms. The average Bonchev–Trinajstić information content (AvgIpc) is 3.60. The summed E-state index contributed by atoms with van der Waals surface area (Å²) in [6.45, 7) is 2.74. The predicted molar refractivity (Wildman–Crippen MR) is 155 cm³/mol. The van der Waals surface area contributed by atoms with E-state index >= 15 is 0 Å². The minimum Gasteiger partial charge on any atom is -0.352 e. The molecule has 0 saturated carbocycles. The highest BCUT2D eigenvalue weighted by molar-refractivity contribution is 5.93. The molecule has 0 fully saturated rings. The number of carbonyl (C=O) groups excluding carboxylic acids is 1. The van der Waals surface area contributed by atoms with E-state index in [2.05, 4.69) is 36.0 Å². The SMILES string of the molecule is C/C=C\C(=O)NCCc1cn(-c2ccc3ncnc(Nc4ccc5nn(Cc6cccc(F)c6)cc5c4)c3c2)nn1. The van der Waals surface area contributed by atoms with Crippen molar-refractivity contribution in [2.24, 2.45) is 0 Å². The van der Waals surface area contributed by atoms with E-state index in [1.807, 2.05) is 54.9 Å². The highest BCUT2D eigenvalue weighted by Crippen LogP contribution is 2.27. The van der Waals surface area contributed by atoms with Crippen LogP contribution in [0.4, 0.5) is 15.9 Å². The summed E-state index contributed by atoms with van der Waals surface area (Å²) >= 11 is 0. The molecular weight excluding hydrogens is 521 g/mol. The van der Waals surface area contributed by atoms with Gasteiger partial charge in [-0.05, 0) is 67.1 Å². The molecule has 3 heterocycles. The van der Waals surface area contributed by atoms with Gasteiger partial charge in [0.05, 0.1) is 35.2 Å². The minimum absolute atomic E-state index is 0.133. The van der Waals surface area contributed by atoms with Gasteiger partial charge in [0.15, 0.2) is 0 Å². The third kappa shape index (κ3) is 5.93. The van der Waals surface area contributed by atoms with Crippen LogP contribution >= 0.6 is 0 Å². The molecule has 1 amide bonds. The molecule has 0 radical (unpaired) electrons. The summed E-state index contributed by atoms with van der Waals surface area (Å²) in [5.41, 5.74) is 4.87. The molecule has 41 heavy (non-hydrogen) atoms. The van der Waals surface area contributed by atoms with Crippen LogP contribution in [-0.4, -0.2) is 47.2 Å². The summed E-state index contributed by atoms with van der Waals surface area (Å²) in [5, 5.41) is 21.1. The molecule has 11 heteroatoms. The number of halogens is 1. The van der Waals surface area contributed by atoms with Crippen LogP contribution in [0.25, 0.3) is 27.5 Å². The van der Waals surface area contributed by atoms with E-state index in [9.17, 15) is 9.18 Å². The van der Waals surface area contributed by atoms with Crippen LogP contribution in [0.15, 0.2) is 91.5 Å². The number of allylic oxidation sites excluding steroid dienone is 1. The van der Waals surface area contributed by atoms with Crippen molar-refractivity contribution in [1.82, 2.24) is 40.1 Å². The van der Waals surface area contributed by atoms with E-state index in [-0.39, 0.29) is 11.7 Å². The van der Waals surface area contributed by atoms with Crippen molar-refractivity contribution in [2.75, 3.05) is 11.9 Å². The van der Waals surface area contributed by atoms with Crippen LogP contribution in [0.5, 0.6) is 0 Å². The van der Waals surface area contributed by atoms with E-state index < -0.39 is 0 Å². The largest absolute Gasteiger partial charge is 0.352 e. The van der Waals surface area contributed by atoms with Crippen molar-refractivity contribution in [3.8, 4) is 5.69 Å². The minimum atomic E-state index is -0.263. The third-order valence-corrected chi connectivity index (χ3v) is 6.47. The van der Waals surface area contributed by atoms with Gasteiger partial charge in [-0.3, -0.25) is 9.48 Å². The molecule has 6 rings (SSSR count). The smallest absolute Gasteiger partial charge is 0.243 e. The van der Waals surface area contributed by atoms with E-state index in [4.69, 9.17) is 0 Å². The number of benzene rings is 3. The van der Waals surface area contributed by atoms with Crippen LogP contribution in [0.2, 0.25) is 0 Å². The summed E-state index contributed by atoms with van der Waals surface area (Å²) in [6.07, 6.45) is 9.05. The van der Waals surface area contributed by atoms with Crippen LogP contribution in [0, 0.1) is 5.82 Å². The molecule has 10 nitrogen and oxygen atoms in total. The maximum Gasteiger partial charge on any atom is 0.243 e. The van der Waals surface area contributed by atoms with Gasteiger partial charge in [-0.25, -0.2) is 19.0 Å². The topological polar surface area (TPSA) is 115 Å². The number of fused-ring (bicyclic) bond motifs is 2. The van der Waals surface area contributed by atoms with Crippen molar-refractivity contribution in [1.29, 1.82) is 0 Å². The Bertz CT molecular complexity index is 1890. The number of nitrogens with one attached hydrogen (secondary N) is 2. The zero-order chi connectivity index (χ0) is 28.2. The molecule has 0 aliphatic carbocycles. The third-order valence-electron chi connectivity index (χ3n) is 6.47. The van der Waals surface area contributed by atoms with Crippen molar-refractivity contribution in [3.05, 3.63) is 109 Å². The molecular formula is C30H26FN9O. The van der Waals surface area contributed by atoms with Crippen LogP contribution in [0.3, 0.4) is 0 Å². The Morgan fingerprint density at radius 2 is 1.93 bits per heavy atom. The van der Waals surface area contributed by atoms with Crippen LogP contribution < -0.4 is 10.6 Å². The number of hydrogen-bond acceptors (Lipinski definition) is 7. The fourth-order valence-electron chi connectivity index (χ4n) is 4.54. The quantitative estimate of drug-likeness (QED) is 0.252. The first-order valence-electron chi connectivity index (χ1n) is 13.1. The van der Waals surface area contributed by atoms with E-state index in [0.29, 0.717) is 25.3 Å². The summed E-state index contributed by atoms with van der Waals surface area (Å²) < 4.78 is 17.1.